The first-order chi connectivity index (χ1) is 9.63. The SMILES string of the molecule is Nc1cccc2c1CN(Cc1cc(Cl)ccc1F)CC2. The van der Waals surface area contributed by atoms with Gasteiger partial charge in [0.25, 0.3) is 0 Å². The monoisotopic (exact) mass is 290 g/mol. The number of nitrogens with two attached hydrogens (primary N) is 1. The van der Waals surface area contributed by atoms with E-state index in [9.17, 15) is 4.39 Å². The van der Waals surface area contributed by atoms with Crippen molar-refractivity contribution in [2.45, 2.75) is 19.5 Å². The minimum atomic E-state index is -0.207. The highest BCUT2D eigenvalue weighted by atomic mass is 35.5. The first-order valence-corrected chi connectivity index (χ1v) is 7.04. The standard InChI is InChI=1S/C16H16ClFN2/c17-13-4-5-15(18)12(8-13)9-20-7-6-11-2-1-3-16(19)14(11)10-20/h1-5,8H,6-7,9-10,19H2. The Kier molecular flexibility index (Phi) is 3.64. The fourth-order valence-electron chi connectivity index (χ4n) is 2.70. The normalized spacial score (nSPS) is 15.1. The van der Waals surface area contributed by atoms with Crippen LogP contribution in [0, 0.1) is 5.82 Å². The topological polar surface area (TPSA) is 29.3 Å². The lowest BCUT2D eigenvalue weighted by atomic mass is 9.98. The van der Waals surface area contributed by atoms with E-state index in [1.54, 1.807) is 12.1 Å². The lowest BCUT2D eigenvalue weighted by molar-refractivity contribution is 0.243. The van der Waals surface area contributed by atoms with Gasteiger partial charge in [0.05, 0.1) is 0 Å². The summed E-state index contributed by atoms with van der Waals surface area (Å²) in [7, 11) is 0. The summed E-state index contributed by atoms with van der Waals surface area (Å²) in [4.78, 5) is 2.20. The van der Waals surface area contributed by atoms with E-state index in [-0.39, 0.29) is 5.82 Å². The molecule has 2 N–H and O–H groups in total. The molecule has 1 aliphatic heterocycles. The van der Waals surface area contributed by atoms with Gasteiger partial charge in [-0.2, -0.15) is 0 Å². The van der Waals surface area contributed by atoms with E-state index in [1.807, 2.05) is 12.1 Å². The quantitative estimate of drug-likeness (QED) is 0.856. The summed E-state index contributed by atoms with van der Waals surface area (Å²) in [5.74, 6) is -0.207. The predicted molar refractivity (Wildman–Crippen MR) is 80.1 cm³/mol. The summed E-state index contributed by atoms with van der Waals surface area (Å²) in [6.45, 7) is 2.22. The molecule has 0 aromatic heterocycles. The highest BCUT2D eigenvalue weighted by Gasteiger charge is 2.19. The number of benzene rings is 2. The molecule has 4 heteroatoms. The van der Waals surface area contributed by atoms with E-state index in [0.29, 0.717) is 17.1 Å². The van der Waals surface area contributed by atoms with Crippen molar-refractivity contribution < 1.29 is 4.39 Å². The van der Waals surface area contributed by atoms with Crippen LogP contribution in [0.2, 0.25) is 5.02 Å². The van der Waals surface area contributed by atoms with Crippen LogP contribution >= 0.6 is 11.6 Å². The second-order valence-electron chi connectivity index (χ2n) is 5.18. The predicted octanol–water partition coefficient (Wildman–Crippen LogP) is 3.62. The van der Waals surface area contributed by atoms with Crippen LogP contribution in [0.1, 0.15) is 16.7 Å². The van der Waals surface area contributed by atoms with Crippen molar-refractivity contribution >= 4 is 17.3 Å². The number of anilines is 1. The van der Waals surface area contributed by atoms with Crippen LogP contribution in [0.4, 0.5) is 10.1 Å². The smallest absolute Gasteiger partial charge is 0.127 e. The van der Waals surface area contributed by atoms with Crippen molar-refractivity contribution in [2.24, 2.45) is 0 Å². The first-order valence-electron chi connectivity index (χ1n) is 6.66. The second kappa shape index (κ2) is 5.43. The maximum atomic E-state index is 13.8. The summed E-state index contributed by atoms with van der Waals surface area (Å²) >= 11 is 5.94. The third-order valence-corrected chi connectivity index (χ3v) is 4.03. The van der Waals surface area contributed by atoms with Crippen molar-refractivity contribution in [1.82, 2.24) is 4.90 Å². The number of nitrogen functional groups attached to an aromatic ring is 1. The molecule has 2 nitrogen and oxygen atoms in total. The van der Waals surface area contributed by atoms with Crippen LogP contribution in [-0.4, -0.2) is 11.4 Å². The fraction of sp³-hybridized carbons (Fsp3) is 0.250. The molecule has 0 bridgehead atoms. The molecule has 2 aromatic rings. The Labute approximate surface area is 123 Å². The Bertz CT molecular complexity index is 642. The van der Waals surface area contributed by atoms with Crippen LogP contribution in [0.25, 0.3) is 0 Å². The number of rotatable bonds is 2. The summed E-state index contributed by atoms with van der Waals surface area (Å²) < 4.78 is 13.8. The Balaban J connectivity index is 1.81. The first kappa shape index (κ1) is 13.4. The van der Waals surface area contributed by atoms with Gasteiger partial charge in [0.1, 0.15) is 5.82 Å². The van der Waals surface area contributed by atoms with E-state index < -0.39 is 0 Å². The van der Waals surface area contributed by atoms with Gasteiger partial charge < -0.3 is 5.73 Å². The van der Waals surface area contributed by atoms with Gasteiger partial charge in [-0.05, 0) is 41.8 Å². The molecular weight excluding hydrogens is 275 g/mol. The molecule has 3 rings (SSSR count). The number of halogens is 2. The molecule has 0 unspecified atom stereocenters. The minimum Gasteiger partial charge on any atom is -0.398 e. The van der Waals surface area contributed by atoms with Crippen LogP contribution in [0.3, 0.4) is 0 Å². The van der Waals surface area contributed by atoms with Crippen LogP contribution in [0.15, 0.2) is 36.4 Å². The zero-order chi connectivity index (χ0) is 14.1. The molecule has 0 radical (unpaired) electrons. The molecule has 2 aromatic carbocycles. The van der Waals surface area contributed by atoms with E-state index in [0.717, 1.165) is 25.2 Å². The molecular formula is C16H16ClFN2. The lowest BCUT2D eigenvalue weighted by Gasteiger charge is -2.29. The van der Waals surface area contributed by atoms with Gasteiger partial charge in [0, 0.05) is 35.9 Å². The fourth-order valence-corrected chi connectivity index (χ4v) is 2.90. The van der Waals surface area contributed by atoms with Crippen molar-refractivity contribution in [3.8, 4) is 0 Å². The highest BCUT2D eigenvalue weighted by Crippen LogP contribution is 2.26. The Hall–Kier alpha value is -1.58. The molecule has 0 atom stereocenters. The van der Waals surface area contributed by atoms with Crippen molar-refractivity contribution in [2.75, 3.05) is 12.3 Å². The third-order valence-electron chi connectivity index (χ3n) is 3.79. The van der Waals surface area contributed by atoms with Crippen LogP contribution < -0.4 is 5.73 Å². The van der Waals surface area contributed by atoms with Crippen LogP contribution in [0.5, 0.6) is 0 Å². The van der Waals surface area contributed by atoms with Gasteiger partial charge >= 0.3 is 0 Å². The Morgan fingerprint density at radius 2 is 2.10 bits per heavy atom. The molecule has 0 saturated carbocycles. The lowest BCUT2D eigenvalue weighted by Crippen LogP contribution is -2.31. The summed E-state index contributed by atoms with van der Waals surface area (Å²) in [6.07, 6.45) is 0.947. The van der Waals surface area contributed by atoms with Gasteiger partial charge in [0.2, 0.25) is 0 Å². The van der Waals surface area contributed by atoms with Gasteiger partial charge in [-0.3, -0.25) is 4.90 Å². The number of hydrogen-bond acceptors (Lipinski definition) is 2. The van der Waals surface area contributed by atoms with Gasteiger partial charge in [0.15, 0.2) is 0 Å². The maximum Gasteiger partial charge on any atom is 0.127 e. The molecule has 0 amide bonds. The summed E-state index contributed by atoms with van der Waals surface area (Å²) in [6, 6.07) is 10.7. The largest absolute Gasteiger partial charge is 0.398 e. The Morgan fingerprint density at radius 1 is 1.25 bits per heavy atom. The molecule has 0 spiro atoms. The number of fused-ring (bicyclic) bond motifs is 1. The number of hydrogen-bond donors (Lipinski definition) is 1. The van der Waals surface area contributed by atoms with Gasteiger partial charge in [-0.25, -0.2) is 4.39 Å². The molecule has 104 valence electrons. The molecule has 20 heavy (non-hydrogen) atoms. The minimum absolute atomic E-state index is 0.207. The van der Waals surface area contributed by atoms with Crippen molar-refractivity contribution in [3.05, 3.63) is 63.9 Å². The van der Waals surface area contributed by atoms with E-state index in [2.05, 4.69) is 11.0 Å². The van der Waals surface area contributed by atoms with E-state index in [1.165, 1.54) is 17.2 Å². The second-order valence-corrected chi connectivity index (χ2v) is 5.62. The molecule has 0 saturated heterocycles. The van der Waals surface area contributed by atoms with Gasteiger partial charge in [-0.15, -0.1) is 0 Å². The average molecular weight is 291 g/mol. The van der Waals surface area contributed by atoms with Gasteiger partial charge in [-0.1, -0.05) is 23.7 Å². The average Bonchev–Trinajstić information content (AvgIpc) is 2.44. The maximum absolute atomic E-state index is 13.8. The number of nitrogens with zero attached hydrogens (tertiary/aromatic N) is 1. The summed E-state index contributed by atoms with van der Waals surface area (Å²) in [5.41, 5.74) is 9.95. The zero-order valence-corrected chi connectivity index (χ0v) is 11.8. The molecule has 1 heterocycles. The summed E-state index contributed by atoms with van der Waals surface area (Å²) in [5, 5.41) is 0.568. The van der Waals surface area contributed by atoms with Crippen LogP contribution in [-0.2, 0) is 19.5 Å². The van der Waals surface area contributed by atoms with E-state index >= 15 is 0 Å². The Morgan fingerprint density at radius 3 is 2.95 bits per heavy atom. The molecule has 0 fully saturated rings. The molecule has 0 aliphatic carbocycles. The van der Waals surface area contributed by atoms with Crippen molar-refractivity contribution in [1.29, 1.82) is 0 Å². The van der Waals surface area contributed by atoms with Crippen molar-refractivity contribution in [3.63, 3.8) is 0 Å². The third kappa shape index (κ3) is 2.65. The zero-order valence-electron chi connectivity index (χ0n) is 11.1. The molecule has 1 aliphatic rings. The van der Waals surface area contributed by atoms with E-state index in [4.69, 9.17) is 17.3 Å². The highest BCUT2D eigenvalue weighted by molar-refractivity contribution is 6.30.